The number of pyridine rings is 1. The molecule has 0 atom stereocenters. The Labute approximate surface area is 194 Å². The standard InChI is InChI=1S/C22H22ClN5O5/c23-16-9-17-20(26-22(24-17)33-12-18(29)28-10-14(11-28)21(30)31)25-19(16)13-1-3-15(4-2-13)27-5-7-32-8-6-27/h1-4,9,14H,5-8,10-12H2,(H,30,31)(H,24,25,26). The highest BCUT2D eigenvalue weighted by atomic mass is 35.5. The van der Waals surface area contributed by atoms with Crippen LogP contribution in [0, 0.1) is 5.92 Å². The fourth-order valence-corrected chi connectivity index (χ4v) is 4.14. The largest absolute Gasteiger partial charge is 0.481 e. The van der Waals surface area contributed by atoms with Crippen molar-refractivity contribution in [3.05, 3.63) is 35.4 Å². The molecule has 1 aromatic carbocycles. The van der Waals surface area contributed by atoms with E-state index in [1.165, 1.54) is 4.90 Å². The van der Waals surface area contributed by atoms with Gasteiger partial charge < -0.3 is 29.4 Å². The van der Waals surface area contributed by atoms with Crippen molar-refractivity contribution in [2.24, 2.45) is 5.92 Å². The minimum Gasteiger partial charge on any atom is -0.481 e. The minimum absolute atomic E-state index is 0.150. The third kappa shape index (κ3) is 4.44. The number of aliphatic carboxylic acids is 1. The summed E-state index contributed by atoms with van der Waals surface area (Å²) in [6, 6.07) is 9.91. The highest BCUT2D eigenvalue weighted by Crippen LogP contribution is 2.31. The number of anilines is 1. The van der Waals surface area contributed by atoms with E-state index in [2.05, 4.69) is 19.9 Å². The van der Waals surface area contributed by atoms with Crippen LogP contribution >= 0.6 is 11.6 Å². The molecular formula is C22H22ClN5O5. The number of carbonyl (C=O) groups excluding carboxylic acids is 1. The van der Waals surface area contributed by atoms with Crippen molar-refractivity contribution in [1.82, 2.24) is 19.9 Å². The van der Waals surface area contributed by atoms with Gasteiger partial charge in [0.05, 0.1) is 35.4 Å². The van der Waals surface area contributed by atoms with Gasteiger partial charge in [-0.3, -0.25) is 9.59 Å². The lowest BCUT2D eigenvalue weighted by atomic mass is 10.0. The number of ether oxygens (including phenoxy) is 2. The number of hydrogen-bond acceptors (Lipinski definition) is 7. The number of aromatic amines is 1. The fourth-order valence-electron chi connectivity index (χ4n) is 3.88. The molecule has 0 saturated carbocycles. The van der Waals surface area contributed by atoms with Crippen molar-refractivity contribution in [3.8, 4) is 17.3 Å². The third-order valence-corrected chi connectivity index (χ3v) is 6.13. The number of aromatic nitrogens is 3. The molecular weight excluding hydrogens is 450 g/mol. The Hall–Kier alpha value is -3.37. The van der Waals surface area contributed by atoms with Crippen LogP contribution in [0.1, 0.15) is 0 Å². The van der Waals surface area contributed by atoms with Gasteiger partial charge in [-0.05, 0) is 18.2 Å². The molecule has 33 heavy (non-hydrogen) atoms. The van der Waals surface area contributed by atoms with E-state index in [-0.39, 0.29) is 31.6 Å². The molecule has 5 rings (SSSR count). The summed E-state index contributed by atoms with van der Waals surface area (Å²) >= 11 is 6.48. The molecule has 4 heterocycles. The first-order valence-electron chi connectivity index (χ1n) is 10.6. The highest BCUT2D eigenvalue weighted by Gasteiger charge is 2.35. The molecule has 10 nitrogen and oxygen atoms in total. The molecule has 2 fully saturated rings. The highest BCUT2D eigenvalue weighted by molar-refractivity contribution is 6.33. The van der Waals surface area contributed by atoms with Crippen LogP contribution < -0.4 is 9.64 Å². The molecule has 2 N–H and O–H groups in total. The van der Waals surface area contributed by atoms with Gasteiger partial charge in [-0.25, -0.2) is 4.98 Å². The van der Waals surface area contributed by atoms with Crippen LogP contribution in [0.3, 0.4) is 0 Å². The molecule has 3 aromatic rings. The van der Waals surface area contributed by atoms with Gasteiger partial charge in [-0.15, -0.1) is 0 Å². The van der Waals surface area contributed by atoms with Gasteiger partial charge in [0.25, 0.3) is 11.9 Å². The number of rotatable bonds is 6. The Kier molecular flexibility index (Phi) is 5.77. The summed E-state index contributed by atoms with van der Waals surface area (Å²) in [5, 5.41) is 9.38. The molecule has 0 spiro atoms. The molecule has 1 amide bonds. The van der Waals surface area contributed by atoms with Crippen LogP contribution in [-0.2, 0) is 14.3 Å². The van der Waals surface area contributed by atoms with E-state index < -0.39 is 11.9 Å². The van der Waals surface area contributed by atoms with Gasteiger partial charge in [-0.1, -0.05) is 23.7 Å². The summed E-state index contributed by atoms with van der Waals surface area (Å²) in [6.07, 6.45) is 0. The Balaban J connectivity index is 1.27. The van der Waals surface area contributed by atoms with Crippen molar-refractivity contribution < 1.29 is 24.2 Å². The lowest BCUT2D eigenvalue weighted by Crippen LogP contribution is -2.54. The topological polar surface area (TPSA) is 121 Å². The molecule has 2 aromatic heterocycles. The fraction of sp³-hybridized carbons (Fsp3) is 0.364. The van der Waals surface area contributed by atoms with E-state index in [0.29, 0.717) is 21.9 Å². The quantitative estimate of drug-likeness (QED) is 0.560. The average molecular weight is 472 g/mol. The van der Waals surface area contributed by atoms with Gasteiger partial charge >= 0.3 is 5.97 Å². The van der Waals surface area contributed by atoms with E-state index in [1.54, 1.807) is 6.07 Å². The number of carboxylic acid groups (broad SMARTS) is 1. The molecule has 0 unspecified atom stereocenters. The zero-order valence-corrected chi connectivity index (χ0v) is 18.4. The summed E-state index contributed by atoms with van der Waals surface area (Å²) in [4.78, 5) is 38.6. The van der Waals surface area contributed by atoms with Crippen LogP contribution in [0.25, 0.3) is 22.4 Å². The average Bonchev–Trinajstić information content (AvgIpc) is 3.18. The maximum absolute atomic E-state index is 12.1. The molecule has 172 valence electrons. The molecule has 0 aliphatic carbocycles. The van der Waals surface area contributed by atoms with Crippen LogP contribution in [-0.4, -0.2) is 82.8 Å². The maximum Gasteiger partial charge on any atom is 0.310 e. The second-order valence-corrected chi connectivity index (χ2v) is 8.41. The van der Waals surface area contributed by atoms with Crippen LogP contribution in [0.5, 0.6) is 6.01 Å². The number of hydrogen-bond donors (Lipinski definition) is 2. The number of likely N-dealkylation sites (tertiary alicyclic amines) is 1. The third-order valence-electron chi connectivity index (χ3n) is 5.84. The number of nitrogens with one attached hydrogen (secondary N) is 1. The lowest BCUT2D eigenvalue weighted by molar-refractivity contribution is -0.153. The summed E-state index contributed by atoms with van der Waals surface area (Å²) in [5.74, 6) is -1.69. The van der Waals surface area contributed by atoms with Gasteiger partial charge in [0.1, 0.15) is 0 Å². The minimum atomic E-state index is -0.897. The van der Waals surface area contributed by atoms with E-state index >= 15 is 0 Å². The SMILES string of the molecule is O=C(O)C1CN(C(=O)COc2nc3nc(-c4ccc(N5CCOCC5)cc4)c(Cl)cc3[nH]2)C1. The molecule has 11 heteroatoms. The van der Waals surface area contributed by atoms with E-state index in [1.807, 2.05) is 24.3 Å². The number of amides is 1. The van der Waals surface area contributed by atoms with Gasteiger partial charge in [-0.2, -0.15) is 4.98 Å². The number of carboxylic acids is 1. The molecule has 2 saturated heterocycles. The number of imidazole rings is 1. The number of halogens is 1. The van der Waals surface area contributed by atoms with Gasteiger partial charge in [0, 0.05) is 37.4 Å². The smallest absolute Gasteiger partial charge is 0.310 e. The summed E-state index contributed by atoms with van der Waals surface area (Å²) in [7, 11) is 0. The first kappa shape index (κ1) is 21.5. The number of morpholine rings is 1. The predicted octanol–water partition coefficient (Wildman–Crippen LogP) is 2.04. The van der Waals surface area contributed by atoms with Crippen LogP contribution in [0.15, 0.2) is 30.3 Å². The van der Waals surface area contributed by atoms with Crippen LogP contribution in [0.4, 0.5) is 5.69 Å². The Morgan fingerprint density at radius 1 is 1.18 bits per heavy atom. The molecule has 0 radical (unpaired) electrons. The summed E-state index contributed by atoms with van der Waals surface area (Å²) in [5.41, 5.74) is 3.60. The first-order chi connectivity index (χ1) is 16.0. The molecule has 2 aliphatic rings. The van der Waals surface area contributed by atoms with Crippen LogP contribution in [0.2, 0.25) is 5.02 Å². The number of benzene rings is 1. The van der Waals surface area contributed by atoms with Crippen molar-refractivity contribution >= 4 is 40.3 Å². The normalized spacial score (nSPS) is 16.6. The zero-order valence-electron chi connectivity index (χ0n) is 17.7. The van der Waals surface area contributed by atoms with E-state index in [0.717, 1.165) is 37.6 Å². The predicted molar refractivity (Wildman–Crippen MR) is 121 cm³/mol. The van der Waals surface area contributed by atoms with Crippen molar-refractivity contribution in [2.45, 2.75) is 0 Å². The molecule has 0 bridgehead atoms. The zero-order chi connectivity index (χ0) is 22.9. The summed E-state index contributed by atoms with van der Waals surface area (Å²) < 4.78 is 10.9. The summed E-state index contributed by atoms with van der Waals surface area (Å²) in [6.45, 7) is 3.33. The van der Waals surface area contributed by atoms with Crippen molar-refractivity contribution in [1.29, 1.82) is 0 Å². The Morgan fingerprint density at radius 3 is 2.61 bits per heavy atom. The second kappa shape index (κ2) is 8.87. The Bertz CT molecular complexity index is 1190. The second-order valence-electron chi connectivity index (χ2n) is 8.00. The number of carbonyl (C=O) groups is 2. The van der Waals surface area contributed by atoms with Gasteiger partial charge in [0.15, 0.2) is 12.3 Å². The lowest BCUT2D eigenvalue weighted by Gasteiger charge is -2.36. The Morgan fingerprint density at radius 2 is 1.91 bits per heavy atom. The van der Waals surface area contributed by atoms with Gasteiger partial charge in [0.2, 0.25) is 0 Å². The number of H-pyrrole nitrogens is 1. The van der Waals surface area contributed by atoms with E-state index in [9.17, 15) is 9.59 Å². The first-order valence-corrected chi connectivity index (χ1v) is 11.0. The van der Waals surface area contributed by atoms with Crippen molar-refractivity contribution in [3.63, 3.8) is 0 Å². The number of nitrogens with zero attached hydrogens (tertiary/aromatic N) is 4. The van der Waals surface area contributed by atoms with E-state index in [4.69, 9.17) is 26.2 Å². The maximum atomic E-state index is 12.1. The number of fused-ring (bicyclic) bond motifs is 1. The van der Waals surface area contributed by atoms with Crippen molar-refractivity contribution in [2.75, 3.05) is 50.9 Å². The molecule has 2 aliphatic heterocycles. The monoisotopic (exact) mass is 471 g/mol.